The molecule has 0 radical (unpaired) electrons. The zero-order chi connectivity index (χ0) is 20.2. The van der Waals surface area contributed by atoms with Gasteiger partial charge in [-0.25, -0.2) is 0 Å². The van der Waals surface area contributed by atoms with E-state index in [9.17, 15) is 4.79 Å². The number of hydrogen-bond donors (Lipinski definition) is 0. The maximum absolute atomic E-state index is 12.9. The fourth-order valence-electron chi connectivity index (χ4n) is 3.10. The molecule has 144 valence electrons. The highest BCUT2D eigenvalue weighted by Gasteiger charge is 2.33. The van der Waals surface area contributed by atoms with E-state index >= 15 is 0 Å². The number of amides is 1. The number of benzene rings is 3. The number of ether oxygens (including phenoxy) is 1. The van der Waals surface area contributed by atoms with Crippen molar-refractivity contribution in [1.82, 2.24) is 0 Å². The number of hydrogen-bond acceptors (Lipinski definition) is 4. The molecule has 0 atom stereocenters. The van der Waals surface area contributed by atoms with Gasteiger partial charge in [-0.3, -0.25) is 9.69 Å². The van der Waals surface area contributed by atoms with E-state index in [2.05, 4.69) is 24.3 Å². The quantitative estimate of drug-likeness (QED) is 0.367. The molecule has 0 N–H and O–H groups in total. The van der Waals surface area contributed by atoms with Crippen molar-refractivity contribution in [2.24, 2.45) is 0 Å². The fraction of sp³-hybridized carbons (Fsp3) is 0.0833. The molecule has 5 heteroatoms. The van der Waals surface area contributed by atoms with Crippen molar-refractivity contribution < 1.29 is 9.53 Å². The summed E-state index contributed by atoms with van der Waals surface area (Å²) in [4.78, 5) is 15.1. The summed E-state index contributed by atoms with van der Waals surface area (Å²) in [6.45, 7) is 2.54. The smallest absolute Gasteiger partial charge is 0.270 e. The van der Waals surface area contributed by atoms with Crippen LogP contribution < -0.4 is 9.64 Å². The Kier molecular flexibility index (Phi) is 5.79. The monoisotopic (exact) mass is 417 g/mol. The van der Waals surface area contributed by atoms with Crippen molar-refractivity contribution in [1.29, 1.82) is 0 Å². The summed E-state index contributed by atoms with van der Waals surface area (Å²) in [6.07, 6.45) is 1.89. The molecule has 3 aromatic carbocycles. The van der Waals surface area contributed by atoms with Gasteiger partial charge in [-0.2, -0.15) is 0 Å². The van der Waals surface area contributed by atoms with Crippen LogP contribution in [0.15, 0.2) is 83.8 Å². The molecule has 1 saturated heterocycles. The minimum atomic E-state index is -0.101. The lowest BCUT2D eigenvalue weighted by Crippen LogP contribution is -2.27. The first-order valence-corrected chi connectivity index (χ1v) is 10.5. The Balaban J connectivity index is 1.54. The number of nitrogens with zero attached hydrogens (tertiary/aromatic N) is 1. The molecule has 1 aliphatic rings. The van der Waals surface area contributed by atoms with E-state index in [0.29, 0.717) is 15.8 Å². The van der Waals surface area contributed by atoms with Crippen LogP contribution in [0.4, 0.5) is 5.69 Å². The topological polar surface area (TPSA) is 29.5 Å². The summed E-state index contributed by atoms with van der Waals surface area (Å²) in [7, 11) is 0. The predicted molar refractivity (Wildman–Crippen MR) is 125 cm³/mol. The molecule has 3 aromatic rings. The van der Waals surface area contributed by atoms with Crippen LogP contribution >= 0.6 is 24.0 Å². The van der Waals surface area contributed by atoms with E-state index in [1.54, 1.807) is 4.90 Å². The first kappa shape index (κ1) is 19.4. The van der Waals surface area contributed by atoms with E-state index in [0.717, 1.165) is 22.6 Å². The second-order valence-corrected chi connectivity index (χ2v) is 8.11. The van der Waals surface area contributed by atoms with Crippen LogP contribution in [0.25, 0.3) is 17.2 Å². The van der Waals surface area contributed by atoms with Gasteiger partial charge in [-0.15, -0.1) is 0 Å². The summed E-state index contributed by atoms with van der Waals surface area (Å²) in [5, 5.41) is 0. The third kappa shape index (κ3) is 4.26. The highest BCUT2D eigenvalue weighted by atomic mass is 32.2. The summed E-state index contributed by atoms with van der Waals surface area (Å²) < 4.78 is 6.00. The van der Waals surface area contributed by atoms with Crippen molar-refractivity contribution in [2.75, 3.05) is 11.5 Å². The third-order valence-electron chi connectivity index (χ3n) is 4.52. The number of thiocarbonyl (C=S) groups is 1. The molecule has 0 saturated carbocycles. The highest BCUT2D eigenvalue weighted by Crippen LogP contribution is 2.36. The average Bonchev–Trinajstić information content (AvgIpc) is 3.03. The Labute approximate surface area is 180 Å². The van der Waals surface area contributed by atoms with Crippen LogP contribution in [0.3, 0.4) is 0 Å². The molecule has 1 amide bonds. The average molecular weight is 418 g/mol. The molecule has 0 aromatic heterocycles. The molecule has 3 nitrogen and oxygen atoms in total. The maximum atomic E-state index is 12.9. The largest absolute Gasteiger partial charge is 0.494 e. The zero-order valence-corrected chi connectivity index (χ0v) is 17.5. The lowest BCUT2D eigenvalue weighted by atomic mass is 10.0. The van der Waals surface area contributed by atoms with Gasteiger partial charge >= 0.3 is 0 Å². The third-order valence-corrected chi connectivity index (χ3v) is 5.82. The Hall–Kier alpha value is -2.89. The zero-order valence-electron chi connectivity index (χ0n) is 15.9. The van der Waals surface area contributed by atoms with Gasteiger partial charge in [0.05, 0.1) is 17.2 Å². The molecule has 1 heterocycles. The highest BCUT2D eigenvalue weighted by molar-refractivity contribution is 8.27. The Morgan fingerprint density at radius 1 is 0.931 bits per heavy atom. The molecule has 1 fully saturated rings. The number of carbonyl (C=O) groups is 1. The first-order chi connectivity index (χ1) is 14.2. The molecule has 1 aliphatic heterocycles. The van der Waals surface area contributed by atoms with Crippen LogP contribution in [0, 0.1) is 0 Å². The minimum absolute atomic E-state index is 0.101. The van der Waals surface area contributed by atoms with Gasteiger partial charge in [0, 0.05) is 0 Å². The Morgan fingerprint density at radius 2 is 1.59 bits per heavy atom. The molecule has 0 spiro atoms. The standard InChI is InChI=1S/C24H19NO2S2/c1-2-27-21-14-12-20(13-15-21)25-23(26)22(29-24(25)28)16-17-8-10-19(11-9-17)18-6-4-3-5-7-18/h3-16H,2H2,1H3/b22-16-. The molecule has 0 unspecified atom stereocenters. The van der Waals surface area contributed by atoms with Gasteiger partial charge in [0.1, 0.15) is 5.75 Å². The van der Waals surface area contributed by atoms with E-state index in [1.165, 1.54) is 17.3 Å². The Morgan fingerprint density at radius 3 is 2.24 bits per heavy atom. The number of thioether (sulfide) groups is 1. The summed E-state index contributed by atoms with van der Waals surface area (Å²) in [5.74, 6) is 0.673. The van der Waals surface area contributed by atoms with E-state index in [4.69, 9.17) is 17.0 Å². The second-order valence-electron chi connectivity index (χ2n) is 6.43. The van der Waals surface area contributed by atoms with E-state index in [1.807, 2.05) is 67.6 Å². The lowest BCUT2D eigenvalue weighted by molar-refractivity contribution is -0.113. The molecular formula is C24H19NO2S2. The van der Waals surface area contributed by atoms with Crippen LogP contribution in [-0.2, 0) is 4.79 Å². The fourth-order valence-corrected chi connectivity index (χ4v) is 4.40. The van der Waals surface area contributed by atoms with Crippen LogP contribution in [0.2, 0.25) is 0 Å². The number of rotatable bonds is 5. The molecule has 0 aliphatic carbocycles. The summed E-state index contributed by atoms with van der Waals surface area (Å²) in [5.41, 5.74) is 4.03. The van der Waals surface area contributed by atoms with Crippen molar-refractivity contribution in [3.05, 3.63) is 89.3 Å². The lowest BCUT2D eigenvalue weighted by Gasteiger charge is -2.15. The van der Waals surface area contributed by atoms with Crippen molar-refractivity contribution in [2.45, 2.75) is 6.92 Å². The molecule has 4 rings (SSSR count). The SMILES string of the molecule is CCOc1ccc(N2C(=O)/C(=C/c3ccc(-c4ccccc4)cc3)SC2=S)cc1. The van der Waals surface area contributed by atoms with Gasteiger partial charge < -0.3 is 4.74 Å². The number of carbonyl (C=O) groups excluding carboxylic acids is 1. The van der Waals surface area contributed by atoms with Crippen LogP contribution in [0.1, 0.15) is 12.5 Å². The van der Waals surface area contributed by atoms with Gasteiger partial charge in [0.25, 0.3) is 5.91 Å². The van der Waals surface area contributed by atoms with Gasteiger partial charge in [-0.1, -0.05) is 78.6 Å². The van der Waals surface area contributed by atoms with E-state index in [-0.39, 0.29) is 5.91 Å². The molecule has 0 bridgehead atoms. The maximum Gasteiger partial charge on any atom is 0.270 e. The summed E-state index contributed by atoms with van der Waals surface area (Å²) >= 11 is 6.78. The van der Waals surface area contributed by atoms with Crippen molar-refractivity contribution in [3.8, 4) is 16.9 Å². The number of anilines is 1. The van der Waals surface area contributed by atoms with Gasteiger partial charge in [0.15, 0.2) is 4.32 Å². The van der Waals surface area contributed by atoms with Crippen LogP contribution in [0.5, 0.6) is 5.75 Å². The van der Waals surface area contributed by atoms with E-state index < -0.39 is 0 Å². The summed E-state index contributed by atoms with van der Waals surface area (Å²) in [6, 6.07) is 25.8. The second kappa shape index (κ2) is 8.64. The van der Waals surface area contributed by atoms with Crippen molar-refractivity contribution >= 4 is 46.0 Å². The van der Waals surface area contributed by atoms with Gasteiger partial charge in [-0.05, 0) is 54.0 Å². The van der Waals surface area contributed by atoms with Crippen molar-refractivity contribution in [3.63, 3.8) is 0 Å². The normalized spacial score (nSPS) is 15.2. The Bertz CT molecular complexity index is 1060. The van der Waals surface area contributed by atoms with Gasteiger partial charge in [0.2, 0.25) is 0 Å². The first-order valence-electron chi connectivity index (χ1n) is 9.32. The predicted octanol–water partition coefficient (Wildman–Crippen LogP) is 6.16. The molecular weight excluding hydrogens is 398 g/mol. The van der Waals surface area contributed by atoms with Crippen LogP contribution in [-0.4, -0.2) is 16.8 Å². The molecule has 29 heavy (non-hydrogen) atoms. The minimum Gasteiger partial charge on any atom is -0.494 e.